The molecule has 6 nitrogen and oxygen atoms in total. The summed E-state index contributed by atoms with van der Waals surface area (Å²) in [6, 6.07) is 9.12. The molecular weight excluding hydrogens is 438 g/mol. The summed E-state index contributed by atoms with van der Waals surface area (Å²) in [7, 11) is -4.03. The summed E-state index contributed by atoms with van der Waals surface area (Å²) in [6.07, 6.45) is -0.185. The van der Waals surface area contributed by atoms with Crippen LogP contribution in [-0.2, 0) is 21.0 Å². The van der Waals surface area contributed by atoms with Crippen LogP contribution < -0.4 is 0 Å². The van der Waals surface area contributed by atoms with E-state index in [1.165, 1.54) is 30.3 Å². The van der Waals surface area contributed by atoms with E-state index < -0.39 is 38.4 Å². The predicted octanol–water partition coefficient (Wildman–Crippen LogP) is 4.20. The van der Waals surface area contributed by atoms with Crippen LogP contribution in [0.25, 0.3) is 11.3 Å². The van der Waals surface area contributed by atoms with Crippen molar-refractivity contribution >= 4 is 27.4 Å². The first-order valence-electron chi connectivity index (χ1n) is 8.91. The van der Waals surface area contributed by atoms with Gasteiger partial charge in [0.15, 0.2) is 5.69 Å². The van der Waals surface area contributed by atoms with Crippen molar-refractivity contribution in [2.45, 2.75) is 18.5 Å². The predicted molar refractivity (Wildman–Crippen MR) is 107 cm³/mol. The van der Waals surface area contributed by atoms with E-state index in [-0.39, 0.29) is 35.0 Å². The average molecular weight is 455 g/mol. The molecule has 0 amide bonds. The minimum Gasteiger partial charge on any atom is -0.461 e. The van der Waals surface area contributed by atoms with Crippen molar-refractivity contribution in [1.82, 2.24) is 9.97 Å². The number of rotatable bonds is 7. The van der Waals surface area contributed by atoms with Crippen molar-refractivity contribution in [1.29, 1.82) is 0 Å². The van der Waals surface area contributed by atoms with Gasteiger partial charge in [-0.1, -0.05) is 17.7 Å². The Morgan fingerprint density at radius 1 is 1.17 bits per heavy atom. The number of aromatic amines is 1. The molecule has 1 aromatic heterocycles. The van der Waals surface area contributed by atoms with Gasteiger partial charge in [0.05, 0.1) is 12.4 Å². The number of nitrogens with zero attached hydrogens (tertiary/aromatic N) is 1. The minimum absolute atomic E-state index is 0.0101. The number of H-pyrrole nitrogens is 1. The van der Waals surface area contributed by atoms with E-state index in [9.17, 15) is 22.0 Å². The van der Waals surface area contributed by atoms with Crippen LogP contribution in [0.15, 0.2) is 47.6 Å². The highest BCUT2D eigenvalue weighted by atomic mass is 35.5. The Kier molecular flexibility index (Phi) is 6.52. The van der Waals surface area contributed by atoms with E-state index in [0.29, 0.717) is 5.56 Å². The van der Waals surface area contributed by atoms with E-state index >= 15 is 0 Å². The Morgan fingerprint density at radius 2 is 1.87 bits per heavy atom. The third-order valence-electron chi connectivity index (χ3n) is 4.26. The summed E-state index contributed by atoms with van der Waals surface area (Å²) in [6.45, 7) is 1.66. The number of hydrogen-bond acceptors (Lipinski definition) is 5. The smallest absolute Gasteiger partial charge is 0.357 e. The molecule has 0 saturated carbocycles. The maximum atomic E-state index is 13.9. The molecule has 0 aliphatic carbocycles. The Hall–Kier alpha value is -2.78. The van der Waals surface area contributed by atoms with Crippen molar-refractivity contribution in [2.75, 3.05) is 12.4 Å². The molecule has 0 atom stereocenters. The zero-order chi connectivity index (χ0) is 21.9. The fraction of sp³-hybridized carbons (Fsp3) is 0.200. The lowest BCUT2D eigenvalue weighted by Gasteiger charge is -2.05. The molecule has 0 aliphatic heterocycles. The first-order valence-corrected chi connectivity index (χ1v) is 10.9. The molecule has 158 valence electrons. The molecule has 0 unspecified atom stereocenters. The standard InChI is InChI=1S/C20H17ClF2N2O4S/c1-2-29-19(26)18-17(12-6-8-13(22)9-7-12)24-20(25-18)30(27,28)11-10-14-15(21)4-3-5-16(14)23/h3-9H,2,10-11H2,1H3,(H,24,25). The van der Waals surface area contributed by atoms with Crippen molar-refractivity contribution in [3.8, 4) is 11.3 Å². The van der Waals surface area contributed by atoms with E-state index in [2.05, 4.69) is 9.97 Å². The molecule has 10 heteroatoms. The lowest BCUT2D eigenvalue weighted by molar-refractivity contribution is 0.0520. The van der Waals surface area contributed by atoms with Gasteiger partial charge in [-0.15, -0.1) is 0 Å². The van der Waals surface area contributed by atoms with Crippen LogP contribution in [0, 0.1) is 11.6 Å². The van der Waals surface area contributed by atoms with Crippen LogP contribution in [0.1, 0.15) is 23.0 Å². The van der Waals surface area contributed by atoms with Crippen LogP contribution in [0.4, 0.5) is 8.78 Å². The fourth-order valence-electron chi connectivity index (χ4n) is 2.77. The van der Waals surface area contributed by atoms with E-state index in [1.807, 2.05) is 0 Å². The summed E-state index contributed by atoms with van der Waals surface area (Å²) in [4.78, 5) is 18.8. The van der Waals surface area contributed by atoms with Gasteiger partial charge in [0, 0.05) is 16.1 Å². The Labute approximate surface area is 176 Å². The van der Waals surface area contributed by atoms with Crippen molar-refractivity contribution in [2.24, 2.45) is 0 Å². The molecule has 30 heavy (non-hydrogen) atoms. The molecule has 0 bridgehead atoms. The van der Waals surface area contributed by atoms with E-state index in [1.54, 1.807) is 6.92 Å². The van der Waals surface area contributed by atoms with Gasteiger partial charge in [-0.25, -0.2) is 27.0 Å². The van der Waals surface area contributed by atoms with Crippen molar-refractivity contribution in [3.05, 3.63) is 70.4 Å². The molecule has 3 rings (SSSR count). The van der Waals surface area contributed by atoms with Gasteiger partial charge in [-0.2, -0.15) is 0 Å². The average Bonchev–Trinajstić information content (AvgIpc) is 3.15. The second kappa shape index (κ2) is 8.93. The quantitative estimate of drug-likeness (QED) is 0.540. The SMILES string of the molecule is CCOC(=O)c1[nH]c(S(=O)(=O)CCc2c(F)cccc2Cl)nc1-c1ccc(F)cc1. The monoisotopic (exact) mass is 454 g/mol. The Balaban J connectivity index is 1.97. The molecule has 1 N–H and O–H groups in total. The lowest BCUT2D eigenvalue weighted by atomic mass is 10.1. The summed E-state index contributed by atoms with van der Waals surface area (Å²) < 4.78 is 57.7. The third kappa shape index (κ3) is 4.68. The fourth-order valence-corrected chi connectivity index (χ4v) is 4.18. The summed E-state index contributed by atoms with van der Waals surface area (Å²) in [5.74, 6) is -2.41. The van der Waals surface area contributed by atoms with E-state index in [4.69, 9.17) is 16.3 Å². The van der Waals surface area contributed by atoms with Gasteiger partial charge >= 0.3 is 5.97 Å². The summed E-state index contributed by atoms with van der Waals surface area (Å²) >= 11 is 5.95. The number of carbonyl (C=O) groups excluding carboxylic acids is 1. The number of nitrogens with one attached hydrogen (secondary N) is 1. The number of ether oxygens (including phenoxy) is 1. The second-order valence-corrected chi connectivity index (χ2v) is 8.69. The number of esters is 1. The highest BCUT2D eigenvalue weighted by Gasteiger charge is 2.27. The van der Waals surface area contributed by atoms with E-state index in [0.717, 1.165) is 12.1 Å². The molecule has 0 radical (unpaired) electrons. The van der Waals surface area contributed by atoms with Crippen molar-refractivity contribution in [3.63, 3.8) is 0 Å². The van der Waals surface area contributed by atoms with Gasteiger partial charge in [0.2, 0.25) is 15.0 Å². The Bertz CT molecular complexity index is 1160. The molecular formula is C20H17ClF2N2O4S. The number of hydrogen-bond donors (Lipinski definition) is 1. The van der Waals surface area contributed by atoms with Crippen molar-refractivity contribution < 1.29 is 26.7 Å². The highest BCUT2D eigenvalue weighted by molar-refractivity contribution is 7.91. The van der Waals surface area contributed by atoms with Crippen LogP contribution in [-0.4, -0.2) is 36.7 Å². The number of sulfone groups is 1. The highest BCUT2D eigenvalue weighted by Crippen LogP contribution is 2.26. The number of benzene rings is 2. The van der Waals surface area contributed by atoms with Gasteiger partial charge < -0.3 is 9.72 Å². The summed E-state index contributed by atoms with van der Waals surface area (Å²) in [5, 5.41) is -0.360. The molecule has 3 aromatic rings. The number of imidazole rings is 1. The number of aromatic nitrogens is 2. The molecule has 1 heterocycles. The first kappa shape index (κ1) is 21.9. The number of carbonyl (C=O) groups is 1. The molecule has 0 fully saturated rings. The molecule has 0 saturated heterocycles. The normalized spacial score (nSPS) is 11.5. The zero-order valence-electron chi connectivity index (χ0n) is 15.8. The Morgan fingerprint density at radius 3 is 2.50 bits per heavy atom. The minimum atomic E-state index is -4.03. The molecule has 0 aliphatic rings. The number of halogens is 3. The van der Waals surface area contributed by atoms with Gasteiger partial charge in [-0.3, -0.25) is 0 Å². The second-order valence-electron chi connectivity index (χ2n) is 6.26. The maximum Gasteiger partial charge on any atom is 0.357 e. The van der Waals surface area contributed by atoms with Crippen LogP contribution >= 0.6 is 11.6 Å². The van der Waals surface area contributed by atoms with Gasteiger partial charge in [0.1, 0.15) is 17.3 Å². The van der Waals surface area contributed by atoms with Crippen LogP contribution in [0.2, 0.25) is 5.02 Å². The van der Waals surface area contributed by atoms with Gasteiger partial charge in [0.25, 0.3) is 0 Å². The van der Waals surface area contributed by atoms with Crippen LogP contribution in [0.5, 0.6) is 0 Å². The maximum absolute atomic E-state index is 13.9. The largest absolute Gasteiger partial charge is 0.461 e. The zero-order valence-corrected chi connectivity index (χ0v) is 17.4. The molecule has 0 spiro atoms. The molecule has 2 aromatic carbocycles. The van der Waals surface area contributed by atoms with Crippen LogP contribution in [0.3, 0.4) is 0 Å². The van der Waals surface area contributed by atoms with Gasteiger partial charge in [-0.05, 0) is 49.7 Å². The first-order chi connectivity index (χ1) is 14.2. The topological polar surface area (TPSA) is 89.1 Å². The third-order valence-corrected chi connectivity index (χ3v) is 6.13. The lowest BCUT2D eigenvalue weighted by Crippen LogP contribution is -2.12. The summed E-state index contributed by atoms with van der Waals surface area (Å²) in [5.41, 5.74) is 0.231.